The number of nitrogens with zero attached hydrogens (tertiary/aromatic N) is 3. The molecule has 4 heteroatoms. The molecular weight excluding hydrogens is 246 g/mol. The highest BCUT2D eigenvalue weighted by atomic mass is 35.5. The normalized spacial score (nSPS) is 10.4. The van der Waals surface area contributed by atoms with Crippen molar-refractivity contribution in [2.24, 2.45) is 0 Å². The van der Waals surface area contributed by atoms with Crippen LogP contribution in [-0.4, -0.2) is 9.78 Å². The fourth-order valence-corrected chi connectivity index (χ4v) is 2.43. The van der Waals surface area contributed by atoms with Gasteiger partial charge in [0.05, 0.1) is 28.0 Å². The van der Waals surface area contributed by atoms with E-state index in [9.17, 15) is 0 Å². The lowest BCUT2D eigenvalue weighted by atomic mass is 10.1. The monoisotopic (exact) mass is 259 g/mol. The molecule has 0 amide bonds. The second kappa shape index (κ2) is 4.83. The van der Waals surface area contributed by atoms with E-state index in [0.717, 1.165) is 23.5 Å². The Morgan fingerprint density at radius 1 is 1.39 bits per heavy atom. The van der Waals surface area contributed by atoms with E-state index in [0.29, 0.717) is 10.6 Å². The Morgan fingerprint density at radius 3 is 2.61 bits per heavy atom. The van der Waals surface area contributed by atoms with Crippen LogP contribution in [0.15, 0.2) is 18.2 Å². The van der Waals surface area contributed by atoms with Crippen LogP contribution < -0.4 is 0 Å². The maximum Gasteiger partial charge on any atom is 0.0992 e. The molecule has 92 valence electrons. The van der Waals surface area contributed by atoms with Gasteiger partial charge in [-0.2, -0.15) is 10.4 Å². The number of nitriles is 1. The third-order valence-corrected chi connectivity index (χ3v) is 3.40. The van der Waals surface area contributed by atoms with Crippen LogP contribution in [0.4, 0.5) is 0 Å². The van der Waals surface area contributed by atoms with Crippen molar-refractivity contribution < 1.29 is 0 Å². The zero-order valence-electron chi connectivity index (χ0n) is 10.7. The van der Waals surface area contributed by atoms with Crippen molar-refractivity contribution in [2.75, 3.05) is 0 Å². The Labute approximate surface area is 112 Å². The Balaban J connectivity index is 2.60. The Morgan fingerprint density at radius 2 is 2.11 bits per heavy atom. The van der Waals surface area contributed by atoms with Crippen LogP contribution in [0.1, 0.15) is 29.4 Å². The minimum Gasteiger partial charge on any atom is -0.236 e. The maximum absolute atomic E-state index is 8.83. The maximum atomic E-state index is 8.83. The van der Waals surface area contributed by atoms with Gasteiger partial charge in [0, 0.05) is 5.69 Å². The van der Waals surface area contributed by atoms with Crippen molar-refractivity contribution in [1.82, 2.24) is 9.78 Å². The summed E-state index contributed by atoms with van der Waals surface area (Å²) in [6, 6.07) is 7.33. The number of hydrogen-bond acceptors (Lipinski definition) is 2. The molecule has 0 radical (unpaired) electrons. The molecule has 1 aromatic carbocycles. The van der Waals surface area contributed by atoms with E-state index in [1.807, 2.05) is 24.6 Å². The molecule has 1 heterocycles. The van der Waals surface area contributed by atoms with Crippen LogP contribution >= 0.6 is 11.6 Å². The molecule has 0 aliphatic heterocycles. The number of hydrogen-bond donors (Lipinski definition) is 0. The van der Waals surface area contributed by atoms with E-state index in [-0.39, 0.29) is 0 Å². The zero-order chi connectivity index (χ0) is 13.3. The van der Waals surface area contributed by atoms with Crippen LogP contribution in [0.2, 0.25) is 5.02 Å². The van der Waals surface area contributed by atoms with Gasteiger partial charge in [-0.15, -0.1) is 0 Å². The van der Waals surface area contributed by atoms with Gasteiger partial charge in [-0.3, -0.25) is 0 Å². The summed E-state index contributed by atoms with van der Waals surface area (Å²) in [5.74, 6) is 0. The predicted octanol–water partition coefficient (Wildman–Crippen LogP) is 3.58. The fraction of sp³-hybridized carbons (Fsp3) is 0.286. The molecule has 0 N–H and O–H groups in total. The van der Waals surface area contributed by atoms with Gasteiger partial charge >= 0.3 is 0 Å². The summed E-state index contributed by atoms with van der Waals surface area (Å²) in [6.45, 7) is 6.15. The number of halogens is 1. The first-order chi connectivity index (χ1) is 8.58. The van der Waals surface area contributed by atoms with E-state index in [2.05, 4.69) is 18.1 Å². The molecule has 0 bridgehead atoms. The first-order valence-electron chi connectivity index (χ1n) is 5.83. The van der Waals surface area contributed by atoms with Crippen LogP contribution in [0, 0.1) is 25.2 Å². The van der Waals surface area contributed by atoms with Crippen molar-refractivity contribution in [3.63, 3.8) is 0 Å². The average molecular weight is 260 g/mol. The van der Waals surface area contributed by atoms with Crippen molar-refractivity contribution in [3.05, 3.63) is 45.7 Å². The molecular formula is C14H14ClN3. The summed E-state index contributed by atoms with van der Waals surface area (Å²) in [4.78, 5) is 0. The Kier molecular flexibility index (Phi) is 3.40. The molecule has 2 rings (SSSR count). The van der Waals surface area contributed by atoms with Crippen molar-refractivity contribution >= 4 is 11.6 Å². The van der Waals surface area contributed by atoms with Crippen LogP contribution in [0.5, 0.6) is 0 Å². The Hall–Kier alpha value is -1.79. The van der Waals surface area contributed by atoms with Crippen LogP contribution in [0.3, 0.4) is 0 Å². The van der Waals surface area contributed by atoms with Gasteiger partial charge in [-0.25, -0.2) is 4.68 Å². The van der Waals surface area contributed by atoms with E-state index >= 15 is 0 Å². The Bertz CT molecular complexity index is 635. The molecule has 2 aromatic rings. The summed E-state index contributed by atoms with van der Waals surface area (Å²) in [5.41, 5.74) is 4.74. The third kappa shape index (κ3) is 2.00. The highest BCUT2D eigenvalue weighted by Crippen LogP contribution is 2.25. The third-order valence-electron chi connectivity index (χ3n) is 3.10. The zero-order valence-corrected chi connectivity index (χ0v) is 11.4. The van der Waals surface area contributed by atoms with Crippen molar-refractivity contribution in [2.45, 2.75) is 27.2 Å². The quantitative estimate of drug-likeness (QED) is 0.827. The van der Waals surface area contributed by atoms with E-state index in [1.165, 1.54) is 5.56 Å². The second-order valence-electron chi connectivity index (χ2n) is 4.19. The average Bonchev–Trinajstić information content (AvgIpc) is 2.64. The molecule has 0 unspecified atom stereocenters. The summed E-state index contributed by atoms with van der Waals surface area (Å²) < 4.78 is 1.84. The molecule has 0 saturated heterocycles. The predicted molar refractivity (Wildman–Crippen MR) is 72.1 cm³/mol. The molecule has 0 saturated carbocycles. The van der Waals surface area contributed by atoms with Crippen molar-refractivity contribution in [3.8, 4) is 11.8 Å². The molecule has 0 aliphatic carbocycles. The SMILES string of the molecule is CCc1c(C)nn(-c2ccc(C#N)cc2Cl)c1C. The summed E-state index contributed by atoms with van der Waals surface area (Å²) in [7, 11) is 0. The number of benzene rings is 1. The lowest BCUT2D eigenvalue weighted by molar-refractivity contribution is 0.832. The van der Waals surface area contributed by atoms with Crippen molar-refractivity contribution in [1.29, 1.82) is 5.26 Å². The molecule has 0 atom stereocenters. The minimum absolute atomic E-state index is 0.544. The highest BCUT2D eigenvalue weighted by molar-refractivity contribution is 6.32. The van der Waals surface area contributed by atoms with Crippen LogP contribution in [-0.2, 0) is 6.42 Å². The standard InChI is InChI=1S/C14H14ClN3/c1-4-12-9(2)17-18(10(12)3)14-6-5-11(8-16)7-13(14)15/h5-7H,4H2,1-3H3. The van der Waals surface area contributed by atoms with Gasteiger partial charge in [0.25, 0.3) is 0 Å². The largest absolute Gasteiger partial charge is 0.236 e. The summed E-state index contributed by atoms with van der Waals surface area (Å²) >= 11 is 6.21. The van der Waals surface area contributed by atoms with Gasteiger partial charge in [0.1, 0.15) is 0 Å². The minimum atomic E-state index is 0.544. The van der Waals surface area contributed by atoms with Crippen LogP contribution in [0.25, 0.3) is 5.69 Å². The van der Waals surface area contributed by atoms with Gasteiger partial charge < -0.3 is 0 Å². The first-order valence-corrected chi connectivity index (χ1v) is 6.21. The van der Waals surface area contributed by atoms with Gasteiger partial charge in [0.2, 0.25) is 0 Å². The smallest absolute Gasteiger partial charge is 0.0992 e. The summed E-state index contributed by atoms with van der Waals surface area (Å²) in [6.07, 6.45) is 0.950. The number of aryl methyl sites for hydroxylation is 1. The van der Waals surface area contributed by atoms with E-state index in [4.69, 9.17) is 16.9 Å². The molecule has 0 fully saturated rings. The topological polar surface area (TPSA) is 41.6 Å². The fourth-order valence-electron chi connectivity index (χ4n) is 2.17. The lowest BCUT2D eigenvalue weighted by Gasteiger charge is -2.07. The van der Waals surface area contributed by atoms with Gasteiger partial charge in [0.15, 0.2) is 0 Å². The number of aromatic nitrogens is 2. The second-order valence-corrected chi connectivity index (χ2v) is 4.60. The molecule has 3 nitrogen and oxygen atoms in total. The first kappa shape index (κ1) is 12.7. The molecule has 1 aromatic heterocycles. The molecule has 18 heavy (non-hydrogen) atoms. The molecule has 0 aliphatic rings. The van der Waals surface area contributed by atoms with E-state index in [1.54, 1.807) is 12.1 Å². The van der Waals surface area contributed by atoms with Gasteiger partial charge in [-0.1, -0.05) is 18.5 Å². The van der Waals surface area contributed by atoms with E-state index < -0.39 is 0 Å². The summed E-state index contributed by atoms with van der Waals surface area (Å²) in [5, 5.41) is 13.9. The van der Waals surface area contributed by atoms with Gasteiger partial charge in [-0.05, 0) is 44.0 Å². The highest BCUT2D eigenvalue weighted by Gasteiger charge is 2.13. The number of rotatable bonds is 2. The lowest BCUT2D eigenvalue weighted by Crippen LogP contribution is -2.00. The molecule has 0 spiro atoms.